The molecule has 1 unspecified atom stereocenters. The van der Waals surface area contributed by atoms with Crippen molar-refractivity contribution < 1.29 is 0 Å². The molecule has 0 aromatic heterocycles. The average Bonchev–Trinajstić information content (AvgIpc) is 2.90. The molecule has 2 fully saturated rings. The zero-order chi connectivity index (χ0) is 9.10. The molecular weight excluding hydrogens is 226 g/mol. The van der Waals surface area contributed by atoms with Crippen LogP contribution in [0, 0.1) is 11.8 Å². The molecular formula is C11H20BrN. The molecule has 0 N–H and O–H groups in total. The smallest absolute Gasteiger partial charge is 0.00344 e. The van der Waals surface area contributed by atoms with Crippen LogP contribution < -0.4 is 0 Å². The van der Waals surface area contributed by atoms with Crippen molar-refractivity contribution in [1.29, 1.82) is 0 Å². The molecule has 0 bridgehead atoms. The normalized spacial score (nSPS) is 30.7. The second-order valence-corrected chi connectivity index (χ2v) is 5.48. The Bertz CT molecular complexity index is 154. The molecule has 0 spiro atoms. The summed E-state index contributed by atoms with van der Waals surface area (Å²) in [5.41, 5.74) is 0. The van der Waals surface area contributed by atoms with Crippen LogP contribution in [0.15, 0.2) is 0 Å². The molecule has 13 heavy (non-hydrogen) atoms. The van der Waals surface area contributed by atoms with Gasteiger partial charge in [-0.2, -0.15) is 0 Å². The molecule has 0 aromatic rings. The minimum absolute atomic E-state index is 0.979. The Morgan fingerprint density at radius 2 is 2.00 bits per heavy atom. The minimum Gasteiger partial charge on any atom is -0.303 e. The number of rotatable bonds is 4. The highest BCUT2D eigenvalue weighted by molar-refractivity contribution is 9.09. The van der Waals surface area contributed by atoms with Gasteiger partial charge in [0, 0.05) is 18.4 Å². The van der Waals surface area contributed by atoms with Crippen LogP contribution in [0.2, 0.25) is 0 Å². The quantitative estimate of drug-likeness (QED) is 0.689. The summed E-state index contributed by atoms with van der Waals surface area (Å²) in [7, 11) is 0. The third-order valence-electron chi connectivity index (χ3n) is 3.33. The molecule has 1 saturated heterocycles. The van der Waals surface area contributed by atoms with Crippen molar-refractivity contribution in [2.45, 2.75) is 32.1 Å². The Morgan fingerprint density at radius 3 is 2.69 bits per heavy atom. The maximum absolute atomic E-state index is 3.55. The number of halogens is 1. The monoisotopic (exact) mass is 245 g/mol. The van der Waals surface area contributed by atoms with Gasteiger partial charge in [0.1, 0.15) is 0 Å². The molecule has 2 heteroatoms. The fraction of sp³-hybridized carbons (Fsp3) is 1.00. The van der Waals surface area contributed by atoms with E-state index in [0.29, 0.717) is 0 Å². The second-order valence-electron chi connectivity index (χ2n) is 4.69. The van der Waals surface area contributed by atoms with Gasteiger partial charge in [0.2, 0.25) is 0 Å². The van der Waals surface area contributed by atoms with E-state index in [9.17, 15) is 0 Å². The standard InChI is InChI=1S/C11H20BrN/c12-6-5-10-2-1-7-13(8-10)9-11-3-4-11/h10-11H,1-9H2. The second kappa shape index (κ2) is 4.79. The summed E-state index contributed by atoms with van der Waals surface area (Å²) in [6, 6.07) is 0. The van der Waals surface area contributed by atoms with E-state index in [1.807, 2.05) is 0 Å². The molecule has 76 valence electrons. The Hall–Kier alpha value is 0.440. The molecule has 1 aliphatic heterocycles. The third-order valence-corrected chi connectivity index (χ3v) is 3.79. The van der Waals surface area contributed by atoms with Crippen LogP contribution in [0.1, 0.15) is 32.1 Å². The number of nitrogens with zero attached hydrogens (tertiary/aromatic N) is 1. The van der Waals surface area contributed by atoms with E-state index < -0.39 is 0 Å². The van der Waals surface area contributed by atoms with Crippen LogP contribution >= 0.6 is 15.9 Å². The Balaban J connectivity index is 1.70. The predicted octanol–water partition coefficient (Wildman–Crippen LogP) is 2.89. The van der Waals surface area contributed by atoms with Gasteiger partial charge in [0.15, 0.2) is 0 Å². The highest BCUT2D eigenvalue weighted by atomic mass is 79.9. The average molecular weight is 246 g/mol. The van der Waals surface area contributed by atoms with Crippen molar-refractivity contribution in [1.82, 2.24) is 4.90 Å². The van der Waals surface area contributed by atoms with E-state index in [1.54, 1.807) is 0 Å². The van der Waals surface area contributed by atoms with Crippen LogP contribution in [0.3, 0.4) is 0 Å². The topological polar surface area (TPSA) is 3.24 Å². The summed E-state index contributed by atoms with van der Waals surface area (Å²) >= 11 is 3.55. The molecule has 2 rings (SSSR count). The number of likely N-dealkylation sites (tertiary alicyclic amines) is 1. The SMILES string of the molecule is BrCCC1CCCN(CC2CC2)C1. The minimum atomic E-state index is 0.979. The van der Waals surface area contributed by atoms with Gasteiger partial charge in [-0.3, -0.25) is 0 Å². The fourth-order valence-corrected chi connectivity index (χ4v) is 3.02. The van der Waals surface area contributed by atoms with Gasteiger partial charge in [-0.1, -0.05) is 15.9 Å². The van der Waals surface area contributed by atoms with Crippen molar-refractivity contribution in [3.63, 3.8) is 0 Å². The summed E-state index contributed by atoms with van der Waals surface area (Å²) in [5.74, 6) is 2.05. The molecule has 1 nitrogen and oxygen atoms in total. The van der Waals surface area contributed by atoms with E-state index in [0.717, 1.165) is 11.8 Å². The summed E-state index contributed by atoms with van der Waals surface area (Å²) in [5, 5.41) is 1.19. The number of alkyl halides is 1. The highest BCUT2D eigenvalue weighted by Crippen LogP contribution is 2.31. The molecule has 1 heterocycles. The zero-order valence-electron chi connectivity index (χ0n) is 8.34. The third kappa shape index (κ3) is 3.25. The fourth-order valence-electron chi connectivity index (χ4n) is 2.37. The van der Waals surface area contributed by atoms with E-state index in [4.69, 9.17) is 0 Å². The van der Waals surface area contributed by atoms with E-state index in [2.05, 4.69) is 20.8 Å². The van der Waals surface area contributed by atoms with E-state index in [-0.39, 0.29) is 0 Å². The number of hydrogen-bond acceptors (Lipinski definition) is 1. The number of hydrogen-bond donors (Lipinski definition) is 0. The summed E-state index contributed by atoms with van der Waals surface area (Å²) < 4.78 is 0. The Kier molecular flexibility index (Phi) is 3.67. The predicted molar refractivity (Wildman–Crippen MR) is 60.3 cm³/mol. The van der Waals surface area contributed by atoms with Gasteiger partial charge in [0.05, 0.1) is 0 Å². The van der Waals surface area contributed by atoms with Gasteiger partial charge in [-0.05, 0) is 50.5 Å². The molecule has 2 aliphatic rings. The first-order valence-corrected chi connectivity index (χ1v) is 6.79. The first-order chi connectivity index (χ1) is 6.38. The summed E-state index contributed by atoms with van der Waals surface area (Å²) in [6.07, 6.45) is 7.28. The first-order valence-electron chi connectivity index (χ1n) is 5.67. The highest BCUT2D eigenvalue weighted by Gasteiger charge is 2.27. The van der Waals surface area contributed by atoms with Gasteiger partial charge in [-0.15, -0.1) is 0 Å². The Labute approximate surface area is 90.0 Å². The van der Waals surface area contributed by atoms with Gasteiger partial charge in [-0.25, -0.2) is 0 Å². The van der Waals surface area contributed by atoms with Crippen LogP contribution in [0.25, 0.3) is 0 Å². The van der Waals surface area contributed by atoms with Crippen molar-refractivity contribution in [3.8, 4) is 0 Å². The van der Waals surface area contributed by atoms with Gasteiger partial charge < -0.3 is 4.90 Å². The lowest BCUT2D eigenvalue weighted by Crippen LogP contribution is -2.36. The van der Waals surface area contributed by atoms with Gasteiger partial charge in [0.25, 0.3) is 0 Å². The molecule has 0 aromatic carbocycles. The number of piperidine rings is 1. The molecule has 1 aliphatic carbocycles. The summed E-state index contributed by atoms with van der Waals surface area (Å²) in [4.78, 5) is 2.70. The van der Waals surface area contributed by atoms with Gasteiger partial charge >= 0.3 is 0 Å². The Morgan fingerprint density at radius 1 is 1.15 bits per heavy atom. The lowest BCUT2D eigenvalue weighted by molar-refractivity contribution is 0.166. The molecule has 1 atom stereocenters. The van der Waals surface area contributed by atoms with Crippen molar-refractivity contribution in [2.75, 3.05) is 25.0 Å². The van der Waals surface area contributed by atoms with Crippen LogP contribution in [0.4, 0.5) is 0 Å². The zero-order valence-corrected chi connectivity index (χ0v) is 9.93. The van der Waals surface area contributed by atoms with Crippen LogP contribution in [-0.2, 0) is 0 Å². The van der Waals surface area contributed by atoms with Crippen molar-refractivity contribution in [3.05, 3.63) is 0 Å². The lowest BCUT2D eigenvalue weighted by atomic mass is 9.95. The van der Waals surface area contributed by atoms with Crippen molar-refractivity contribution >= 4 is 15.9 Å². The molecule has 0 amide bonds. The molecule has 1 saturated carbocycles. The van der Waals surface area contributed by atoms with E-state index >= 15 is 0 Å². The lowest BCUT2D eigenvalue weighted by Gasteiger charge is -2.32. The largest absolute Gasteiger partial charge is 0.303 e. The maximum Gasteiger partial charge on any atom is 0.00344 e. The van der Waals surface area contributed by atoms with Crippen LogP contribution in [0.5, 0.6) is 0 Å². The first kappa shape index (κ1) is 9.97. The van der Waals surface area contributed by atoms with E-state index in [1.165, 1.54) is 57.1 Å². The maximum atomic E-state index is 3.55. The van der Waals surface area contributed by atoms with Crippen molar-refractivity contribution in [2.24, 2.45) is 11.8 Å². The van der Waals surface area contributed by atoms with Crippen LogP contribution in [-0.4, -0.2) is 29.9 Å². The summed E-state index contributed by atoms with van der Waals surface area (Å²) in [6.45, 7) is 4.15. The molecule has 0 radical (unpaired) electrons.